The van der Waals surface area contributed by atoms with Gasteiger partial charge >= 0.3 is 0 Å². The second kappa shape index (κ2) is 4.22. The zero-order valence-corrected chi connectivity index (χ0v) is 12.3. The molecule has 0 radical (unpaired) electrons. The quantitative estimate of drug-likeness (QED) is 0.903. The van der Waals surface area contributed by atoms with Gasteiger partial charge < -0.3 is 9.88 Å². The number of aromatic nitrogens is 1. The molecule has 1 N–H and O–H groups in total. The molecule has 1 fully saturated rings. The summed E-state index contributed by atoms with van der Waals surface area (Å²) in [5, 5.41) is 2.93. The highest BCUT2D eigenvalue weighted by Gasteiger charge is 2.64. The molecular formula is C15H22N2O2. The van der Waals surface area contributed by atoms with Gasteiger partial charge in [-0.25, -0.2) is 0 Å². The third-order valence-electron chi connectivity index (χ3n) is 5.15. The number of aryl methyl sites for hydroxylation is 1. The van der Waals surface area contributed by atoms with Crippen molar-refractivity contribution in [2.75, 3.05) is 6.54 Å². The molecular weight excluding hydrogens is 240 g/mol. The molecule has 1 aliphatic carbocycles. The Balaban J connectivity index is 2.00. The Hall–Kier alpha value is -1.58. The number of rotatable bonds is 3. The average Bonchev–Trinajstić information content (AvgIpc) is 2.70. The zero-order chi connectivity index (χ0) is 14.4. The minimum atomic E-state index is -0.170. The van der Waals surface area contributed by atoms with Crippen molar-refractivity contribution in [2.45, 2.75) is 27.7 Å². The van der Waals surface area contributed by atoms with Gasteiger partial charge in [-0.3, -0.25) is 9.59 Å². The topological polar surface area (TPSA) is 51.1 Å². The first-order valence-electron chi connectivity index (χ1n) is 6.63. The molecule has 2 rings (SSSR count). The molecule has 104 valence electrons. The van der Waals surface area contributed by atoms with Crippen molar-refractivity contribution >= 4 is 5.91 Å². The Bertz CT molecular complexity index is 556. The van der Waals surface area contributed by atoms with Crippen molar-refractivity contribution in [2.24, 2.45) is 23.8 Å². The molecule has 0 aromatic carbocycles. The van der Waals surface area contributed by atoms with E-state index in [4.69, 9.17) is 0 Å². The van der Waals surface area contributed by atoms with E-state index in [0.29, 0.717) is 18.0 Å². The van der Waals surface area contributed by atoms with Crippen LogP contribution in [-0.4, -0.2) is 17.0 Å². The Morgan fingerprint density at radius 3 is 2.37 bits per heavy atom. The van der Waals surface area contributed by atoms with E-state index in [0.717, 1.165) is 0 Å². The molecule has 0 atom stereocenters. The van der Waals surface area contributed by atoms with Gasteiger partial charge in [-0.05, 0) is 22.8 Å². The lowest BCUT2D eigenvalue weighted by Gasteiger charge is -2.07. The summed E-state index contributed by atoms with van der Waals surface area (Å²) in [5.41, 5.74) is 0.777. The van der Waals surface area contributed by atoms with Crippen LogP contribution in [0.1, 0.15) is 38.1 Å². The van der Waals surface area contributed by atoms with Crippen LogP contribution in [-0.2, 0) is 7.05 Å². The standard InChI is InChI=1S/C15H22N2O2/c1-14(2)11(15(14,3)4)9-16-13(19)10-6-7-17(5)12(18)8-10/h6-8,11H,9H2,1-5H3,(H,16,19). The lowest BCUT2D eigenvalue weighted by atomic mass is 10.0. The van der Waals surface area contributed by atoms with Gasteiger partial charge in [-0.1, -0.05) is 27.7 Å². The molecule has 1 saturated carbocycles. The molecule has 4 nitrogen and oxygen atoms in total. The molecule has 1 aromatic heterocycles. The van der Waals surface area contributed by atoms with Crippen molar-refractivity contribution in [3.63, 3.8) is 0 Å². The fourth-order valence-electron chi connectivity index (χ4n) is 2.83. The summed E-state index contributed by atoms with van der Waals surface area (Å²) in [6.45, 7) is 9.56. The minimum Gasteiger partial charge on any atom is -0.352 e. The highest BCUT2D eigenvalue weighted by molar-refractivity contribution is 5.94. The van der Waals surface area contributed by atoms with Crippen LogP contribution in [0.3, 0.4) is 0 Å². The second-order valence-electron chi connectivity index (χ2n) is 6.57. The van der Waals surface area contributed by atoms with E-state index >= 15 is 0 Å². The van der Waals surface area contributed by atoms with Gasteiger partial charge in [-0.15, -0.1) is 0 Å². The van der Waals surface area contributed by atoms with Crippen molar-refractivity contribution in [3.8, 4) is 0 Å². The Morgan fingerprint density at radius 1 is 1.32 bits per heavy atom. The van der Waals surface area contributed by atoms with E-state index in [2.05, 4.69) is 33.0 Å². The van der Waals surface area contributed by atoms with Gasteiger partial charge in [-0.2, -0.15) is 0 Å². The molecule has 1 aromatic rings. The van der Waals surface area contributed by atoms with E-state index in [1.807, 2.05) is 0 Å². The zero-order valence-electron chi connectivity index (χ0n) is 12.3. The number of amides is 1. The molecule has 0 aliphatic heterocycles. The number of nitrogens with zero attached hydrogens (tertiary/aromatic N) is 1. The average molecular weight is 262 g/mol. The smallest absolute Gasteiger partial charge is 0.251 e. The summed E-state index contributed by atoms with van der Waals surface area (Å²) in [6.07, 6.45) is 1.61. The van der Waals surface area contributed by atoms with Crippen LogP contribution in [0.25, 0.3) is 0 Å². The van der Waals surface area contributed by atoms with Gasteiger partial charge in [0.05, 0.1) is 0 Å². The van der Waals surface area contributed by atoms with Crippen molar-refractivity contribution in [1.29, 1.82) is 0 Å². The largest absolute Gasteiger partial charge is 0.352 e. The van der Waals surface area contributed by atoms with Crippen LogP contribution >= 0.6 is 0 Å². The fraction of sp³-hybridized carbons (Fsp3) is 0.600. The molecule has 0 saturated heterocycles. The summed E-state index contributed by atoms with van der Waals surface area (Å²) in [4.78, 5) is 23.5. The monoisotopic (exact) mass is 262 g/mol. The van der Waals surface area contributed by atoms with E-state index in [9.17, 15) is 9.59 Å². The highest BCUT2D eigenvalue weighted by atomic mass is 16.2. The number of carbonyl (C=O) groups is 1. The first kappa shape index (κ1) is 13.8. The van der Waals surface area contributed by atoms with Crippen molar-refractivity contribution < 1.29 is 4.79 Å². The molecule has 0 bridgehead atoms. The van der Waals surface area contributed by atoms with Gasteiger partial charge in [0.15, 0.2) is 0 Å². The van der Waals surface area contributed by atoms with E-state index < -0.39 is 0 Å². The van der Waals surface area contributed by atoms with E-state index in [1.54, 1.807) is 19.3 Å². The van der Waals surface area contributed by atoms with E-state index in [-0.39, 0.29) is 22.3 Å². The van der Waals surface area contributed by atoms with Crippen LogP contribution < -0.4 is 10.9 Å². The Labute approximate surface area is 113 Å². The van der Waals surface area contributed by atoms with Crippen LogP contribution in [0.5, 0.6) is 0 Å². The SMILES string of the molecule is Cn1ccc(C(=O)NCC2C(C)(C)C2(C)C)cc1=O. The van der Waals surface area contributed by atoms with Crippen molar-refractivity contribution in [3.05, 3.63) is 34.2 Å². The number of pyridine rings is 1. The summed E-state index contributed by atoms with van der Waals surface area (Å²) in [5.74, 6) is 0.312. The highest BCUT2D eigenvalue weighted by Crippen LogP contribution is 2.67. The summed E-state index contributed by atoms with van der Waals surface area (Å²) < 4.78 is 1.45. The van der Waals surface area contributed by atoms with Crippen LogP contribution in [0.2, 0.25) is 0 Å². The number of hydrogen-bond acceptors (Lipinski definition) is 2. The normalized spacial score (nSPS) is 20.1. The predicted molar refractivity (Wildman–Crippen MR) is 75.1 cm³/mol. The van der Waals surface area contributed by atoms with Crippen LogP contribution in [0.15, 0.2) is 23.1 Å². The molecule has 1 aliphatic rings. The maximum absolute atomic E-state index is 12.0. The van der Waals surface area contributed by atoms with Gasteiger partial charge in [0.2, 0.25) is 0 Å². The minimum absolute atomic E-state index is 0.167. The maximum Gasteiger partial charge on any atom is 0.251 e. The van der Waals surface area contributed by atoms with Gasteiger partial charge in [0.1, 0.15) is 0 Å². The lowest BCUT2D eigenvalue weighted by molar-refractivity contribution is 0.0949. The second-order valence-corrected chi connectivity index (χ2v) is 6.57. The Morgan fingerprint density at radius 2 is 1.89 bits per heavy atom. The van der Waals surface area contributed by atoms with Crippen LogP contribution in [0, 0.1) is 16.7 Å². The molecule has 0 spiro atoms. The third-order valence-corrected chi connectivity index (χ3v) is 5.15. The summed E-state index contributed by atoms with van der Waals surface area (Å²) >= 11 is 0. The molecule has 0 unspecified atom stereocenters. The predicted octanol–water partition coefficient (Wildman–Crippen LogP) is 1.80. The maximum atomic E-state index is 12.0. The summed E-state index contributed by atoms with van der Waals surface area (Å²) in [7, 11) is 1.67. The van der Waals surface area contributed by atoms with Gasteiger partial charge in [0.25, 0.3) is 11.5 Å². The number of carbonyl (C=O) groups excluding carboxylic acids is 1. The number of nitrogens with one attached hydrogen (secondary N) is 1. The van der Waals surface area contributed by atoms with E-state index in [1.165, 1.54) is 10.6 Å². The molecule has 19 heavy (non-hydrogen) atoms. The summed E-state index contributed by atoms with van der Waals surface area (Å²) in [6, 6.07) is 3.04. The molecule has 1 amide bonds. The molecule has 4 heteroatoms. The lowest BCUT2D eigenvalue weighted by Crippen LogP contribution is -2.28. The van der Waals surface area contributed by atoms with Gasteiger partial charge in [0, 0.05) is 31.4 Å². The van der Waals surface area contributed by atoms with Crippen molar-refractivity contribution in [1.82, 2.24) is 9.88 Å². The molecule has 1 heterocycles. The first-order chi connectivity index (χ1) is 8.68. The fourth-order valence-corrected chi connectivity index (χ4v) is 2.83. The third kappa shape index (κ3) is 2.20. The number of hydrogen-bond donors (Lipinski definition) is 1. The van der Waals surface area contributed by atoms with Crippen LogP contribution in [0.4, 0.5) is 0 Å². The Kier molecular flexibility index (Phi) is 3.07. The first-order valence-corrected chi connectivity index (χ1v) is 6.63.